The van der Waals surface area contributed by atoms with E-state index in [1.54, 1.807) is 64.4 Å². The summed E-state index contributed by atoms with van der Waals surface area (Å²) in [6.07, 6.45) is 0.800. The lowest BCUT2D eigenvalue weighted by atomic mass is 10.1. The molecule has 1 aliphatic rings. The number of anilines is 2. The molecule has 0 unspecified atom stereocenters. The highest BCUT2D eigenvalue weighted by molar-refractivity contribution is 6.30. The number of benzene rings is 3. The third kappa shape index (κ3) is 5.03. The van der Waals surface area contributed by atoms with Crippen molar-refractivity contribution in [2.24, 2.45) is 0 Å². The number of carbonyl (C=O) groups excluding carboxylic acids is 2. The number of hydrogen-bond donors (Lipinski definition) is 1. The van der Waals surface area contributed by atoms with Crippen molar-refractivity contribution in [3.63, 3.8) is 0 Å². The van der Waals surface area contributed by atoms with Crippen LogP contribution in [-0.2, 0) is 6.54 Å². The molecule has 0 radical (unpaired) electrons. The zero-order valence-corrected chi connectivity index (χ0v) is 17.5. The summed E-state index contributed by atoms with van der Waals surface area (Å²) in [4.78, 5) is 29.1. The van der Waals surface area contributed by atoms with Crippen molar-refractivity contribution in [3.05, 3.63) is 94.8 Å². The van der Waals surface area contributed by atoms with Crippen LogP contribution in [0.4, 0.5) is 20.6 Å². The van der Waals surface area contributed by atoms with E-state index in [1.807, 2.05) is 6.07 Å². The van der Waals surface area contributed by atoms with Crippen LogP contribution in [0.2, 0.25) is 5.02 Å². The maximum Gasteiger partial charge on any atom is 0.324 e. The van der Waals surface area contributed by atoms with Gasteiger partial charge in [0.25, 0.3) is 5.91 Å². The number of nitrogens with zero attached hydrogens (tertiary/aromatic N) is 2. The summed E-state index contributed by atoms with van der Waals surface area (Å²) in [6.45, 7) is 1.61. The standard InChI is InChI=1S/C24H21ClFN3O2/c25-19-7-11-21(12-8-19)27-23(30)18-3-1-4-22(15-18)29-14-2-13-28(24(29)31)16-17-5-9-20(26)10-6-17/h1,3-12,15H,2,13-14,16H2,(H,27,30). The van der Waals surface area contributed by atoms with Gasteiger partial charge in [-0.1, -0.05) is 29.8 Å². The molecule has 1 N–H and O–H groups in total. The second-order valence-electron chi connectivity index (χ2n) is 7.35. The number of rotatable bonds is 5. The number of carbonyl (C=O) groups is 2. The minimum atomic E-state index is -0.302. The molecule has 0 spiro atoms. The maximum atomic E-state index is 13.2. The minimum absolute atomic E-state index is 0.133. The van der Waals surface area contributed by atoms with Gasteiger partial charge in [0, 0.05) is 41.6 Å². The number of amides is 3. The van der Waals surface area contributed by atoms with Crippen LogP contribution in [0.3, 0.4) is 0 Å². The van der Waals surface area contributed by atoms with Crippen LogP contribution in [-0.4, -0.2) is 29.9 Å². The zero-order chi connectivity index (χ0) is 21.8. The van der Waals surface area contributed by atoms with E-state index < -0.39 is 0 Å². The molecular weight excluding hydrogens is 417 g/mol. The van der Waals surface area contributed by atoms with E-state index in [2.05, 4.69) is 5.32 Å². The molecule has 0 saturated carbocycles. The van der Waals surface area contributed by atoms with E-state index in [1.165, 1.54) is 12.1 Å². The van der Waals surface area contributed by atoms with Gasteiger partial charge in [-0.15, -0.1) is 0 Å². The average molecular weight is 438 g/mol. The third-order valence-corrected chi connectivity index (χ3v) is 5.37. The van der Waals surface area contributed by atoms with E-state index in [-0.39, 0.29) is 17.8 Å². The van der Waals surface area contributed by atoms with Crippen molar-refractivity contribution in [1.29, 1.82) is 0 Å². The Morgan fingerprint density at radius 1 is 1.00 bits per heavy atom. The minimum Gasteiger partial charge on any atom is -0.322 e. The van der Waals surface area contributed by atoms with Crippen LogP contribution < -0.4 is 10.2 Å². The molecule has 3 aromatic rings. The lowest BCUT2D eigenvalue weighted by Gasteiger charge is -2.35. The predicted octanol–water partition coefficient (Wildman–Crippen LogP) is 5.56. The maximum absolute atomic E-state index is 13.2. The first-order chi connectivity index (χ1) is 15.0. The molecule has 4 rings (SSSR count). The Morgan fingerprint density at radius 3 is 2.48 bits per heavy atom. The molecule has 5 nitrogen and oxygen atoms in total. The van der Waals surface area contributed by atoms with Gasteiger partial charge in [0.15, 0.2) is 0 Å². The Labute approximate surface area is 185 Å². The lowest BCUT2D eigenvalue weighted by molar-refractivity contribution is 0.102. The first-order valence-corrected chi connectivity index (χ1v) is 10.4. The van der Waals surface area contributed by atoms with E-state index in [4.69, 9.17) is 11.6 Å². The molecular formula is C24H21ClFN3O2. The van der Waals surface area contributed by atoms with Gasteiger partial charge >= 0.3 is 6.03 Å². The fourth-order valence-corrected chi connectivity index (χ4v) is 3.66. The van der Waals surface area contributed by atoms with Gasteiger partial charge in [-0.3, -0.25) is 9.69 Å². The number of halogens is 2. The van der Waals surface area contributed by atoms with Crippen LogP contribution in [0, 0.1) is 5.82 Å². The molecule has 0 bridgehead atoms. The van der Waals surface area contributed by atoms with Gasteiger partial charge in [-0.2, -0.15) is 0 Å². The highest BCUT2D eigenvalue weighted by atomic mass is 35.5. The largest absolute Gasteiger partial charge is 0.324 e. The summed E-state index contributed by atoms with van der Waals surface area (Å²) in [5, 5.41) is 3.42. The molecule has 3 amide bonds. The summed E-state index contributed by atoms with van der Waals surface area (Å²) >= 11 is 5.88. The van der Waals surface area contributed by atoms with Crippen LogP contribution in [0.15, 0.2) is 72.8 Å². The van der Waals surface area contributed by atoms with Crippen LogP contribution in [0.25, 0.3) is 0 Å². The van der Waals surface area contributed by atoms with Gasteiger partial charge in [-0.25, -0.2) is 9.18 Å². The third-order valence-electron chi connectivity index (χ3n) is 5.12. The van der Waals surface area contributed by atoms with Gasteiger partial charge in [-0.05, 0) is 66.6 Å². The molecule has 7 heteroatoms. The van der Waals surface area contributed by atoms with Gasteiger partial charge < -0.3 is 10.2 Å². The van der Waals surface area contributed by atoms with Crippen molar-refractivity contribution in [3.8, 4) is 0 Å². The second kappa shape index (κ2) is 9.18. The summed E-state index contributed by atoms with van der Waals surface area (Å²) in [7, 11) is 0. The van der Waals surface area contributed by atoms with Crippen molar-refractivity contribution in [2.75, 3.05) is 23.3 Å². The first kappa shape index (κ1) is 20.9. The van der Waals surface area contributed by atoms with Gasteiger partial charge in [0.1, 0.15) is 5.82 Å². The second-order valence-corrected chi connectivity index (χ2v) is 7.78. The number of urea groups is 1. The molecule has 1 saturated heterocycles. The Kier molecular flexibility index (Phi) is 6.18. The van der Waals surface area contributed by atoms with Gasteiger partial charge in [0.05, 0.1) is 0 Å². The lowest BCUT2D eigenvalue weighted by Crippen LogP contribution is -2.49. The quantitative estimate of drug-likeness (QED) is 0.567. The molecule has 1 aliphatic heterocycles. The van der Waals surface area contributed by atoms with E-state index >= 15 is 0 Å². The number of hydrogen-bond acceptors (Lipinski definition) is 2. The molecule has 31 heavy (non-hydrogen) atoms. The van der Waals surface area contributed by atoms with Crippen LogP contribution >= 0.6 is 11.6 Å². The molecule has 158 valence electrons. The fourth-order valence-electron chi connectivity index (χ4n) is 3.53. The first-order valence-electron chi connectivity index (χ1n) is 9.97. The number of nitrogens with one attached hydrogen (secondary N) is 1. The van der Waals surface area contributed by atoms with Crippen molar-refractivity contribution in [2.45, 2.75) is 13.0 Å². The monoisotopic (exact) mass is 437 g/mol. The Balaban J connectivity index is 1.48. The molecule has 0 aromatic heterocycles. The van der Waals surface area contributed by atoms with E-state index in [9.17, 15) is 14.0 Å². The Morgan fingerprint density at radius 2 is 1.74 bits per heavy atom. The average Bonchev–Trinajstić information content (AvgIpc) is 2.78. The summed E-state index contributed by atoms with van der Waals surface area (Å²) in [5.74, 6) is -0.569. The smallest absolute Gasteiger partial charge is 0.322 e. The summed E-state index contributed by atoms with van der Waals surface area (Å²) in [5.41, 5.74) is 2.63. The van der Waals surface area contributed by atoms with Gasteiger partial charge in [0.2, 0.25) is 0 Å². The molecule has 3 aromatic carbocycles. The molecule has 0 aliphatic carbocycles. The summed E-state index contributed by atoms with van der Waals surface area (Å²) < 4.78 is 13.2. The van der Waals surface area contributed by atoms with Crippen molar-refractivity contribution < 1.29 is 14.0 Å². The van der Waals surface area contributed by atoms with Crippen molar-refractivity contribution in [1.82, 2.24) is 4.90 Å². The molecule has 0 atom stereocenters. The molecule has 1 heterocycles. The Hall–Kier alpha value is -3.38. The van der Waals surface area contributed by atoms with E-state index in [0.29, 0.717) is 41.6 Å². The normalized spacial score (nSPS) is 13.9. The highest BCUT2D eigenvalue weighted by Crippen LogP contribution is 2.23. The predicted molar refractivity (Wildman–Crippen MR) is 120 cm³/mol. The van der Waals surface area contributed by atoms with Crippen LogP contribution in [0.1, 0.15) is 22.3 Å². The van der Waals surface area contributed by atoms with Crippen LogP contribution in [0.5, 0.6) is 0 Å². The SMILES string of the molecule is O=C(Nc1ccc(Cl)cc1)c1cccc(N2CCCN(Cc3ccc(F)cc3)C2=O)c1. The Bertz CT molecular complexity index is 1090. The zero-order valence-electron chi connectivity index (χ0n) is 16.7. The van der Waals surface area contributed by atoms with Crippen molar-refractivity contribution >= 4 is 34.9 Å². The fraction of sp³-hybridized carbons (Fsp3) is 0.167. The highest BCUT2D eigenvalue weighted by Gasteiger charge is 2.27. The molecule has 1 fully saturated rings. The topological polar surface area (TPSA) is 52.7 Å². The summed E-state index contributed by atoms with van der Waals surface area (Å²) in [6, 6.07) is 19.9. The van der Waals surface area contributed by atoms with E-state index in [0.717, 1.165) is 12.0 Å².